The summed E-state index contributed by atoms with van der Waals surface area (Å²) in [7, 11) is 0. The molecule has 3 heterocycles. The van der Waals surface area contributed by atoms with Gasteiger partial charge in [-0.15, -0.1) is 11.3 Å². The van der Waals surface area contributed by atoms with Crippen molar-refractivity contribution < 1.29 is 0 Å². The number of fused-ring (bicyclic) bond motifs is 1. The van der Waals surface area contributed by atoms with E-state index in [-0.39, 0.29) is 0 Å². The number of anilines is 1. The molecule has 4 rings (SSSR count). The van der Waals surface area contributed by atoms with Crippen molar-refractivity contribution >= 4 is 27.4 Å². The average Bonchev–Trinajstić information content (AvgIpc) is 3.17. The third-order valence-corrected chi connectivity index (χ3v) is 5.75. The molecule has 5 heteroatoms. The van der Waals surface area contributed by atoms with Crippen molar-refractivity contribution in [3.8, 4) is 11.4 Å². The van der Waals surface area contributed by atoms with Crippen LogP contribution in [-0.4, -0.2) is 21.0 Å². The van der Waals surface area contributed by atoms with E-state index in [1.807, 2.05) is 18.3 Å². The van der Waals surface area contributed by atoms with Crippen LogP contribution in [0.5, 0.6) is 0 Å². The lowest BCUT2D eigenvalue weighted by Crippen LogP contribution is -2.16. The van der Waals surface area contributed by atoms with Gasteiger partial charge in [0, 0.05) is 28.9 Å². The lowest BCUT2D eigenvalue weighted by Gasteiger charge is -2.15. The molecule has 1 saturated carbocycles. The van der Waals surface area contributed by atoms with Crippen LogP contribution in [0.15, 0.2) is 24.5 Å². The number of thiophene rings is 1. The van der Waals surface area contributed by atoms with Gasteiger partial charge < -0.3 is 5.32 Å². The van der Waals surface area contributed by atoms with Gasteiger partial charge in [-0.1, -0.05) is 12.8 Å². The van der Waals surface area contributed by atoms with Crippen molar-refractivity contribution in [2.24, 2.45) is 0 Å². The van der Waals surface area contributed by atoms with Crippen LogP contribution >= 0.6 is 11.3 Å². The van der Waals surface area contributed by atoms with E-state index in [0.29, 0.717) is 6.04 Å². The zero-order chi connectivity index (χ0) is 15.8. The molecule has 0 aromatic carbocycles. The summed E-state index contributed by atoms with van der Waals surface area (Å²) in [5.74, 6) is 1.75. The van der Waals surface area contributed by atoms with Crippen molar-refractivity contribution in [3.63, 3.8) is 0 Å². The molecule has 0 amide bonds. The molecule has 118 valence electrons. The summed E-state index contributed by atoms with van der Waals surface area (Å²) in [6.07, 6.45) is 8.69. The fourth-order valence-electron chi connectivity index (χ4n) is 3.24. The summed E-state index contributed by atoms with van der Waals surface area (Å²) in [6.45, 7) is 4.33. The van der Waals surface area contributed by atoms with Gasteiger partial charge in [-0.05, 0) is 44.4 Å². The summed E-state index contributed by atoms with van der Waals surface area (Å²) in [6, 6.07) is 4.48. The first-order chi connectivity index (χ1) is 11.2. The second-order valence-corrected chi connectivity index (χ2v) is 7.43. The normalized spacial score (nSPS) is 15.4. The van der Waals surface area contributed by atoms with Crippen LogP contribution < -0.4 is 5.32 Å². The first kappa shape index (κ1) is 14.6. The smallest absolute Gasteiger partial charge is 0.164 e. The molecule has 1 aliphatic carbocycles. The van der Waals surface area contributed by atoms with E-state index in [0.717, 1.165) is 22.0 Å². The predicted molar refractivity (Wildman–Crippen MR) is 96.0 cm³/mol. The number of aryl methyl sites for hydroxylation is 2. The third kappa shape index (κ3) is 2.70. The maximum absolute atomic E-state index is 4.85. The van der Waals surface area contributed by atoms with Crippen molar-refractivity contribution in [1.29, 1.82) is 0 Å². The molecule has 4 nitrogen and oxygen atoms in total. The maximum atomic E-state index is 4.85. The van der Waals surface area contributed by atoms with Gasteiger partial charge in [-0.25, -0.2) is 9.97 Å². The van der Waals surface area contributed by atoms with E-state index in [2.05, 4.69) is 24.1 Å². The van der Waals surface area contributed by atoms with Crippen molar-refractivity contribution in [2.45, 2.75) is 45.6 Å². The largest absolute Gasteiger partial charge is 0.367 e. The van der Waals surface area contributed by atoms with Crippen LogP contribution in [0.4, 0.5) is 5.82 Å². The molecule has 0 bridgehead atoms. The summed E-state index contributed by atoms with van der Waals surface area (Å²) < 4.78 is 0. The number of aromatic nitrogens is 3. The molecular formula is C18H20N4S. The molecule has 0 aliphatic heterocycles. The minimum atomic E-state index is 0.537. The molecule has 0 saturated heterocycles. The quantitative estimate of drug-likeness (QED) is 0.757. The Bertz CT molecular complexity index is 835. The van der Waals surface area contributed by atoms with Gasteiger partial charge in [0.15, 0.2) is 5.82 Å². The molecular weight excluding hydrogens is 304 g/mol. The highest BCUT2D eigenvalue weighted by Gasteiger charge is 2.20. The summed E-state index contributed by atoms with van der Waals surface area (Å²) in [5.41, 5.74) is 2.26. The van der Waals surface area contributed by atoms with Gasteiger partial charge in [-0.2, -0.15) is 0 Å². The Balaban J connectivity index is 1.86. The van der Waals surface area contributed by atoms with Crippen molar-refractivity contribution in [3.05, 3.63) is 35.0 Å². The zero-order valence-electron chi connectivity index (χ0n) is 13.5. The standard InChI is InChI=1S/C18H20N4S/c1-11-12(2)23-18-15(11)17(20-14-7-3-4-8-14)21-16(22-18)13-6-5-9-19-10-13/h5-6,9-10,14H,3-4,7-8H2,1-2H3,(H,20,21,22). The fourth-order valence-corrected chi connectivity index (χ4v) is 4.27. The Morgan fingerprint density at radius 2 is 2.00 bits per heavy atom. The molecule has 3 aromatic rings. The fraction of sp³-hybridized carbons (Fsp3) is 0.389. The molecule has 1 aliphatic rings. The van der Waals surface area contributed by atoms with Crippen LogP contribution in [0.1, 0.15) is 36.1 Å². The monoisotopic (exact) mass is 324 g/mol. The Morgan fingerprint density at radius 1 is 1.17 bits per heavy atom. The molecule has 3 aromatic heterocycles. The molecule has 1 fully saturated rings. The lowest BCUT2D eigenvalue weighted by molar-refractivity contribution is 0.752. The second-order valence-electron chi connectivity index (χ2n) is 6.23. The van der Waals surface area contributed by atoms with Crippen LogP contribution in [0.25, 0.3) is 21.6 Å². The minimum Gasteiger partial charge on any atom is -0.367 e. The Labute approximate surface area is 140 Å². The molecule has 1 N–H and O–H groups in total. The Kier molecular flexibility index (Phi) is 3.73. The van der Waals surface area contributed by atoms with E-state index in [9.17, 15) is 0 Å². The van der Waals surface area contributed by atoms with Gasteiger partial charge in [0.1, 0.15) is 10.6 Å². The average molecular weight is 324 g/mol. The number of pyridine rings is 1. The summed E-state index contributed by atoms with van der Waals surface area (Å²) in [4.78, 5) is 16.2. The summed E-state index contributed by atoms with van der Waals surface area (Å²) in [5, 5.41) is 4.87. The van der Waals surface area contributed by atoms with Gasteiger partial charge in [-0.3, -0.25) is 4.98 Å². The number of hydrogen-bond acceptors (Lipinski definition) is 5. The van der Waals surface area contributed by atoms with E-state index in [4.69, 9.17) is 9.97 Å². The van der Waals surface area contributed by atoms with E-state index in [1.54, 1.807) is 17.5 Å². The topological polar surface area (TPSA) is 50.7 Å². The lowest BCUT2D eigenvalue weighted by atomic mass is 10.2. The van der Waals surface area contributed by atoms with Crippen molar-refractivity contribution in [1.82, 2.24) is 15.0 Å². The van der Waals surface area contributed by atoms with Gasteiger partial charge in [0.25, 0.3) is 0 Å². The van der Waals surface area contributed by atoms with E-state index in [1.165, 1.54) is 41.5 Å². The van der Waals surface area contributed by atoms with Crippen LogP contribution in [0.2, 0.25) is 0 Å². The molecule has 23 heavy (non-hydrogen) atoms. The molecule has 0 spiro atoms. The van der Waals surface area contributed by atoms with Crippen molar-refractivity contribution in [2.75, 3.05) is 5.32 Å². The van der Waals surface area contributed by atoms with Crippen LogP contribution in [-0.2, 0) is 0 Å². The minimum absolute atomic E-state index is 0.537. The molecule has 0 radical (unpaired) electrons. The van der Waals surface area contributed by atoms with Gasteiger partial charge in [0.05, 0.1) is 5.39 Å². The molecule has 0 atom stereocenters. The highest BCUT2D eigenvalue weighted by Crippen LogP contribution is 2.36. The van der Waals surface area contributed by atoms with Crippen LogP contribution in [0.3, 0.4) is 0 Å². The third-order valence-electron chi connectivity index (χ3n) is 4.64. The highest BCUT2D eigenvalue weighted by atomic mass is 32.1. The van der Waals surface area contributed by atoms with E-state index < -0.39 is 0 Å². The maximum Gasteiger partial charge on any atom is 0.164 e. The number of hydrogen-bond donors (Lipinski definition) is 1. The second kappa shape index (κ2) is 5.89. The number of nitrogens with zero attached hydrogens (tertiary/aromatic N) is 3. The van der Waals surface area contributed by atoms with Gasteiger partial charge in [0.2, 0.25) is 0 Å². The molecule has 0 unspecified atom stereocenters. The zero-order valence-corrected chi connectivity index (χ0v) is 14.3. The van der Waals surface area contributed by atoms with E-state index >= 15 is 0 Å². The Hall–Kier alpha value is -2.01. The number of rotatable bonds is 3. The first-order valence-corrected chi connectivity index (χ1v) is 8.98. The summed E-state index contributed by atoms with van der Waals surface area (Å²) >= 11 is 1.75. The first-order valence-electron chi connectivity index (χ1n) is 8.17. The SMILES string of the molecule is Cc1sc2nc(-c3cccnc3)nc(NC3CCCC3)c2c1C. The number of nitrogens with one attached hydrogen (secondary N) is 1. The highest BCUT2D eigenvalue weighted by molar-refractivity contribution is 7.18. The van der Waals surface area contributed by atoms with Crippen LogP contribution in [0, 0.1) is 13.8 Å². The van der Waals surface area contributed by atoms with Gasteiger partial charge >= 0.3 is 0 Å². The Morgan fingerprint density at radius 3 is 2.74 bits per heavy atom. The predicted octanol–water partition coefficient (Wildman–Crippen LogP) is 4.72.